The van der Waals surface area contributed by atoms with Gasteiger partial charge in [-0.2, -0.15) is 0 Å². The fourth-order valence-electron chi connectivity index (χ4n) is 3.45. The van der Waals surface area contributed by atoms with E-state index in [-0.39, 0.29) is 11.3 Å². The molecule has 0 radical (unpaired) electrons. The summed E-state index contributed by atoms with van der Waals surface area (Å²) in [7, 11) is 0. The molecule has 1 amide bonds. The molecule has 3 aromatic carbocycles. The molecule has 0 saturated carbocycles. The van der Waals surface area contributed by atoms with E-state index < -0.39 is 5.91 Å². The molecule has 7 nitrogen and oxygen atoms in total. The van der Waals surface area contributed by atoms with Crippen molar-refractivity contribution in [3.05, 3.63) is 66.2 Å². The molecule has 34 heavy (non-hydrogen) atoms. The summed E-state index contributed by atoms with van der Waals surface area (Å²) in [4.78, 5) is 21.4. The Labute approximate surface area is 208 Å². The number of ether oxygens (including phenoxy) is 1. The second-order valence-corrected chi connectivity index (χ2v) is 8.45. The Kier molecular flexibility index (Phi) is 7.44. The van der Waals surface area contributed by atoms with Crippen LogP contribution in [-0.2, 0) is 0 Å². The van der Waals surface area contributed by atoms with Gasteiger partial charge < -0.3 is 20.5 Å². The van der Waals surface area contributed by atoms with Gasteiger partial charge in [-0.3, -0.25) is 4.79 Å². The van der Waals surface area contributed by atoms with E-state index in [1.807, 2.05) is 24.3 Å². The van der Waals surface area contributed by atoms with Crippen LogP contribution in [0.2, 0.25) is 0 Å². The topological polar surface area (TPSA) is 96.4 Å². The van der Waals surface area contributed by atoms with E-state index in [0.717, 1.165) is 18.2 Å². The Morgan fingerprint density at radius 1 is 1.00 bits per heavy atom. The number of hydrogen-bond acceptors (Lipinski definition) is 8. The smallest absolute Gasteiger partial charge is 0.259 e. The first-order chi connectivity index (χ1) is 16.4. The number of anilines is 3. The third kappa shape index (κ3) is 5.55. The summed E-state index contributed by atoms with van der Waals surface area (Å²) in [6.45, 7) is 2.62. The maximum Gasteiger partial charge on any atom is 0.259 e. The summed E-state index contributed by atoms with van der Waals surface area (Å²) in [6.07, 6.45) is 1.89. The molecular weight excluding hydrogens is 468 g/mol. The normalized spacial score (nSPS) is 10.8. The number of carbonyl (C=O) groups is 1. The molecule has 1 heterocycles. The zero-order chi connectivity index (χ0) is 24.1. The lowest BCUT2D eigenvalue weighted by atomic mass is 10.0. The number of unbranched alkanes of at least 4 members (excludes halogenated alkanes) is 1. The van der Waals surface area contributed by atoms with Crippen LogP contribution < -0.4 is 15.4 Å². The van der Waals surface area contributed by atoms with E-state index in [1.54, 1.807) is 36.4 Å². The summed E-state index contributed by atoms with van der Waals surface area (Å²) in [6, 6.07) is 17.7. The lowest BCUT2D eigenvalue weighted by Gasteiger charge is -2.14. The molecule has 4 aromatic rings. The van der Waals surface area contributed by atoms with Crippen molar-refractivity contribution in [3.8, 4) is 11.5 Å². The van der Waals surface area contributed by atoms with Gasteiger partial charge in [-0.25, -0.2) is 9.97 Å². The van der Waals surface area contributed by atoms with E-state index in [9.17, 15) is 9.90 Å². The Morgan fingerprint density at radius 2 is 1.76 bits per heavy atom. The first-order valence-electron chi connectivity index (χ1n) is 10.8. The largest absolute Gasteiger partial charge is 0.506 e. The van der Waals surface area contributed by atoms with E-state index in [0.29, 0.717) is 45.1 Å². The summed E-state index contributed by atoms with van der Waals surface area (Å²) in [5.41, 5.74) is 1.38. The summed E-state index contributed by atoms with van der Waals surface area (Å²) in [5.74, 6) is 0.553. The van der Waals surface area contributed by atoms with Crippen LogP contribution in [0.1, 0.15) is 30.1 Å². The lowest BCUT2D eigenvalue weighted by molar-refractivity contribution is 0.102. The molecule has 0 saturated heterocycles. The molecule has 0 fully saturated rings. The van der Waals surface area contributed by atoms with Gasteiger partial charge in [-0.05, 0) is 30.7 Å². The second-order valence-electron chi connectivity index (χ2n) is 7.59. The monoisotopic (exact) mass is 492 g/mol. The molecule has 1 aromatic heterocycles. The van der Waals surface area contributed by atoms with Crippen LogP contribution in [0.5, 0.6) is 11.5 Å². The average Bonchev–Trinajstić information content (AvgIpc) is 2.80. The molecule has 174 valence electrons. The predicted molar refractivity (Wildman–Crippen MR) is 140 cm³/mol. The van der Waals surface area contributed by atoms with Crippen molar-refractivity contribution >= 4 is 59.1 Å². The molecule has 3 N–H and O–H groups in total. The first kappa shape index (κ1) is 23.7. The van der Waals surface area contributed by atoms with Crippen molar-refractivity contribution in [2.24, 2.45) is 0 Å². The van der Waals surface area contributed by atoms with Crippen LogP contribution in [0.15, 0.2) is 70.8 Å². The van der Waals surface area contributed by atoms with Gasteiger partial charge in [-0.15, -0.1) is 25.3 Å². The highest BCUT2D eigenvalue weighted by Gasteiger charge is 2.18. The van der Waals surface area contributed by atoms with Crippen molar-refractivity contribution in [1.29, 1.82) is 0 Å². The summed E-state index contributed by atoms with van der Waals surface area (Å²) in [5, 5.41) is 18.9. The lowest BCUT2D eigenvalue weighted by Crippen LogP contribution is -2.13. The highest BCUT2D eigenvalue weighted by molar-refractivity contribution is 7.80. The van der Waals surface area contributed by atoms with E-state index in [1.165, 1.54) is 0 Å². The zero-order valence-corrected chi connectivity index (χ0v) is 20.2. The molecule has 0 unspecified atom stereocenters. The summed E-state index contributed by atoms with van der Waals surface area (Å²) >= 11 is 8.40. The Morgan fingerprint density at radius 3 is 2.53 bits per heavy atom. The maximum absolute atomic E-state index is 13.1. The van der Waals surface area contributed by atoms with Crippen molar-refractivity contribution < 1.29 is 14.6 Å². The number of aromatic hydroxyl groups is 1. The van der Waals surface area contributed by atoms with Crippen molar-refractivity contribution in [1.82, 2.24) is 9.97 Å². The minimum atomic E-state index is -0.446. The van der Waals surface area contributed by atoms with Gasteiger partial charge in [0.15, 0.2) is 5.16 Å². The van der Waals surface area contributed by atoms with E-state index >= 15 is 0 Å². The quantitative estimate of drug-likeness (QED) is 0.0884. The van der Waals surface area contributed by atoms with Crippen LogP contribution in [0.3, 0.4) is 0 Å². The first-order valence-corrected chi connectivity index (χ1v) is 11.7. The molecule has 4 rings (SSSR count). The van der Waals surface area contributed by atoms with Crippen LogP contribution in [0.4, 0.5) is 17.2 Å². The van der Waals surface area contributed by atoms with Gasteiger partial charge in [0.25, 0.3) is 5.91 Å². The van der Waals surface area contributed by atoms with E-state index in [2.05, 4.69) is 52.8 Å². The number of benzene rings is 3. The zero-order valence-electron chi connectivity index (χ0n) is 18.4. The minimum absolute atomic E-state index is 0.0891. The van der Waals surface area contributed by atoms with Crippen molar-refractivity contribution in [2.75, 3.05) is 17.2 Å². The molecular formula is C25H24N4O3S2. The number of fused-ring (bicyclic) bond motifs is 1. The number of hydrogen-bond donors (Lipinski definition) is 5. The standard InChI is InChI=1S/C25H24N4O3S2/c1-2-3-11-32-20-13-19(23(30)18-10-5-4-9-17(18)20)24(31)27-16-8-6-7-15(12-16)26-21-14-22(33)29-25(34)28-21/h4-10,12-14,30H,2-3,11H2,1H3,(H,27,31)(H3,26,28,29,33,34). The third-order valence-electron chi connectivity index (χ3n) is 5.07. The van der Waals surface area contributed by atoms with Gasteiger partial charge in [0.1, 0.15) is 17.3 Å². The number of phenols is 1. The fraction of sp³-hybridized carbons (Fsp3) is 0.160. The fourth-order valence-corrected chi connectivity index (χ4v) is 3.96. The van der Waals surface area contributed by atoms with Gasteiger partial charge in [0, 0.05) is 28.2 Å². The minimum Gasteiger partial charge on any atom is -0.506 e. The Hall–Kier alpha value is -3.43. The molecule has 0 atom stereocenters. The third-order valence-corrected chi connectivity index (χ3v) is 5.50. The number of nitrogens with one attached hydrogen (secondary N) is 2. The molecule has 0 bridgehead atoms. The van der Waals surface area contributed by atoms with Gasteiger partial charge in [-0.1, -0.05) is 43.7 Å². The van der Waals surface area contributed by atoms with E-state index in [4.69, 9.17) is 4.74 Å². The molecule has 0 spiro atoms. The average molecular weight is 493 g/mol. The van der Waals surface area contributed by atoms with Crippen LogP contribution in [0, 0.1) is 0 Å². The predicted octanol–water partition coefficient (Wildman–Crippen LogP) is 6.09. The number of carbonyl (C=O) groups excluding carboxylic acids is 1. The number of thiol groups is 2. The van der Waals surface area contributed by atoms with Gasteiger partial charge in [0.2, 0.25) is 0 Å². The number of phenolic OH excluding ortho intramolecular Hbond substituents is 1. The maximum atomic E-state index is 13.1. The highest BCUT2D eigenvalue weighted by atomic mass is 32.1. The second kappa shape index (κ2) is 10.7. The number of amides is 1. The highest BCUT2D eigenvalue weighted by Crippen LogP contribution is 2.36. The number of aromatic nitrogens is 2. The van der Waals surface area contributed by atoms with Gasteiger partial charge >= 0.3 is 0 Å². The van der Waals surface area contributed by atoms with Crippen LogP contribution in [-0.4, -0.2) is 27.6 Å². The van der Waals surface area contributed by atoms with Crippen LogP contribution in [0.25, 0.3) is 10.8 Å². The Bertz CT molecular complexity index is 1330. The van der Waals surface area contributed by atoms with Crippen molar-refractivity contribution in [3.63, 3.8) is 0 Å². The molecule has 0 aliphatic heterocycles. The molecule has 0 aliphatic rings. The van der Waals surface area contributed by atoms with Gasteiger partial charge in [0.05, 0.1) is 17.2 Å². The van der Waals surface area contributed by atoms with Crippen LogP contribution >= 0.6 is 25.3 Å². The molecule has 0 aliphatic carbocycles. The SMILES string of the molecule is CCCCOc1cc(C(=O)Nc2cccc(Nc3cc(S)nc(S)n3)c2)c(O)c2ccccc12. The van der Waals surface area contributed by atoms with Crippen molar-refractivity contribution in [2.45, 2.75) is 29.9 Å². The molecule has 9 heteroatoms. The Balaban J connectivity index is 1.59. The summed E-state index contributed by atoms with van der Waals surface area (Å²) < 4.78 is 5.93. The number of rotatable bonds is 8. The number of nitrogens with zero attached hydrogens (tertiary/aromatic N) is 2.